The van der Waals surface area contributed by atoms with E-state index in [0.29, 0.717) is 18.2 Å². The molecule has 1 fully saturated rings. The van der Waals surface area contributed by atoms with Crippen molar-refractivity contribution in [1.82, 2.24) is 15.6 Å². The first kappa shape index (κ1) is 16.1. The number of carboxylic acids is 1. The summed E-state index contributed by atoms with van der Waals surface area (Å²) in [6, 6.07) is 0.109. The van der Waals surface area contributed by atoms with Gasteiger partial charge in [-0.15, -0.1) is 11.3 Å². The molecule has 1 aliphatic carbocycles. The van der Waals surface area contributed by atoms with E-state index in [9.17, 15) is 9.59 Å². The lowest BCUT2D eigenvalue weighted by Crippen LogP contribution is -2.41. The molecule has 21 heavy (non-hydrogen) atoms. The Kier molecular flexibility index (Phi) is 5.86. The molecular weight excluding hydrogens is 310 g/mol. The third-order valence-electron chi connectivity index (χ3n) is 3.45. The third kappa shape index (κ3) is 4.89. The van der Waals surface area contributed by atoms with E-state index in [4.69, 9.17) is 5.11 Å². The first-order valence-corrected chi connectivity index (χ1v) is 9.00. The number of thiazole rings is 1. The van der Waals surface area contributed by atoms with Crippen molar-refractivity contribution in [3.05, 3.63) is 16.1 Å². The van der Waals surface area contributed by atoms with E-state index in [1.165, 1.54) is 16.7 Å². The minimum absolute atomic E-state index is 0.0634. The summed E-state index contributed by atoms with van der Waals surface area (Å²) in [5.41, 5.74) is 0.0634. The van der Waals surface area contributed by atoms with Crippen LogP contribution in [0.4, 0.5) is 4.79 Å². The van der Waals surface area contributed by atoms with E-state index in [2.05, 4.69) is 21.9 Å². The average Bonchev–Trinajstić information content (AvgIpc) is 3.07. The van der Waals surface area contributed by atoms with E-state index in [1.807, 2.05) is 11.8 Å². The van der Waals surface area contributed by atoms with Gasteiger partial charge in [0.1, 0.15) is 0 Å². The van der Waals surface area contributed by atoms with Crippen LogP contribution in [0.1, 0.15) is 34.8 Å². The second-order valence-corrected chi connectivity index (χ2v) is 7.03. The lowest BCUT2D eigenvalue weighted by Gasteiger charge is -2.13. The standard InChI is InChI=1S/C13H19N3O3S2/c1-20-9-3-2-8(6-9)15-13(19)14-5-4-11-16-10(7-21-11)12(17)18/h7-9H,2-6H2,1H3,(H,17,18)(H2,14,15,19). The highest BCUT2D eigenvalue weighted by Gasteiger charge is 2.24. The van der Waals surface area contributed by atoms with Gasteiger partial charge in [-0.3, -0.25) is 0 Å². The third-order valence-corrected chi connectivity index (χ3v) is 5.45. The number of urea groups is 1. The topological polar surface area (TPSA) is 91.3 Å². The summed E-state index contributed by atoms with van der Waals surface area (Å²) in [4.78, 5) is 26.4. The fraction of sp³-hybridized carbons (Fsp3) is 0.615. The van der Waals surface area contributed by atoms with Crippen LogP contribution in [-0.2, 0) is 6.42 Å². The van der Waals surface area contributed by atoms with Gasteiger partial charge in [-0.1, -0.05) is 0 Å². The summed E-state index contributed by atoms with van der Waals surface area (Å²) in [7, 11) is 0. The SMILES string of the molecule is CSC1CCC(NC(=O)NCCc2nc(C(=O)O)cs2)C1. The van der Waals surface area contributed by atoms with Gasteiger partial charge in [0.05, 0.1) is 5.01 Å². The summed E-state index contributed by atoms with van der Waals surface area (Å²) < 4.78 is 0. The van der Waals surface area contributed by atoms with Crippen molar-refractivity contribution in [2.24, 2.45) is 0 Å². The predicted molar refractivity (Wildman–Crippen MR) is 84.3 cm³/mol. The molecule has 1 aromatic rings. The summed E-state index contributed by atoms with van der Waals surface area (Å²) in [6.45, 7) is 0.455. The van der Waals surface area contributed by atoms with Crippen molar-refractivity contribution in [3.63, 3.8) is 0 Å². The first-order chi connectivity index (χ1) is 10.1. The van der Waals surface area contributed by atoms with E-state index in [1.54, 1.807) is 0 Å². The number of nitrogens with zero attached hydrogens (tertiary/aromatic N) is 1. The Morgan fingerprint density at radius 2 is 2.33 bits per heavy atom. The maximum Gasteiger partial charge on any atom is 0.355 e. The Labute approximate surface area is 131 Å². The van der Waals surface area contributed by atoms with Crippen molar-refractivity contribution in [3.8, 4) is 0 Å². The Morgan fingerprint density at radius 3 is 2.95 bits per heavy atom. The molecule has 3 N–H and O–H groups in total. The van der Waals surface area contributed by atoms with Crippen LogP contribution in [0.3, 0.4) is 0 Å². The summed E-state index contributed by atoms with van der Waals surface area (Å²) >= 11 is 3.16. The maximum absolute atomic E-state index is 11.8. The number of nitrogens with one attached hydrogen (secondary N) is 2. The number of carbonyl (C=O) groups excluding carboxylic acids is 1. The predicted octanol–water partition coefficient (Wildman–Crippen LogP) is 1.97. The minimum atomic E-state index is -1.02. The Bertz CT molecular complexity index is 507. The summed E-state index contributed by atoms with van der Waals surface area (Å²) in [5, 5.41) is 17.4. The van der Waals surface area contributed by atoms with Crippen molar-refractivity contribution < 1.29 is 14.7 Å². The van der Waals surface area contributed by atoms with Crippen LogP contribution in [-0.4, -0.2) is 46.2 Å². The molecule has 0 spiro atoms. The molecule has 116 valence electrons. The van der Waals surface area contributed by atoms with E-state index >= 15 is 0 Å². The zero-order valence-electron chi connectivity index (χ0n) is 11.8. The Balaban J connectivity index is 1.66. The Hall–Kier alpha value is -1.28. The van der Waals surface area contributed by atoms with E-state index in [0.717, 1.165) is 24.3 Å². The Morgan fingerprint density at radius 1 is 1.52 bits per heavy atom. The van der Waals surface area contributed by atoms with Gasteiger partial charge >= 0.3 is 12.0 Å². The van der Waals surface area contributed by atoms with Gasteiger partial charge in [-0.2, -0.15) is 11.8 Å². The molecule has 2 amide bonds. The summed E-state index contributed by atoms with van der Waals surface area (Å²) in [6.07, 6.45) is 5.87. The zero-order chi connectivity index (χ0) is 15.2. The fourth-order valence-electron chi connectivity index (χ4n) is 2.33. The number of rotatable bonds is 6. The summed E-state index contributed by atoms with van der Waals surface area (Å²) in [5.74, 6) is -1.02. The molecule has 8 heteroatoms. The van der Waals surface area contributed by atoms with Crippen molar-refractivity contribution in [2.45, 2.75) is 37.0 Å². The van der Waals surface area contributed by atoms with Gasteiger partial charge in [0.15, 0.2) is 5.69 Å². The molecule has 0 aromatic carbocycles. The van der Waals surface area contributed by atoms with E-state index in [-0.39, 0.29) is 17.8 Å². The monoisotopic (exact) mass is 329 g/mol. The van der Waals surface area contributed by atoms with Crippen molar-refractivity contribution in [1.29, 1.82) is 0 Å². The van der Waals surface area contributed by atoms with Crippen LogP contribution in [0.25, 0.3) is 0 Å². The normalized spacial score (nSPS) is 21.2. The highest BCUT2D eigenvalue weighted by molar-refractivity contribution is 7.99. The molecule has 1 saturated carbocycles. The largest absolute Gasteiger partial charge is 0.476 e. The number of thioether (sulfide) groups is 1. The number of amides is 2. The molecule has 6 nitrogen and oxygen atoms in total. The maximum atomic E-state index is 11.8. The highest BCUT2D eigenvalue weighted by Crippen LogP contribution is 2.27. The number of carbonyl (C=O) groups is 2. The van der Waals surface area contributed by atoms with Crippen molar-refractivity contribution >= 4 is 35.1 Å². The molecule has 0 saturated heterocycles. The molecule has 2 atom stereocenters. The highest BCUT2D eigenvalue weighted by atomic mass is 32.2. The van der Waals surface area contributed by atoms with Crippen LogP contribution in [0.15, 0.2) is 5.38 Å². The number of aromatic carboxylic acids is 1. The van der Waals surface area contributed by atoms with Gasteiger partial charge in [0.2, 0.25) is 0 Å². The molecule has 2 unspecified atom stereocenters. The molecule has 1 aliphatic rings. The van der Waals surface area contributed by atoms with Gasteiger partial charge in [-0.05, 0) is 25.5 Å². The van der Waals surface area contributed by atoms with Gasteiger partial charge in [-0.25, -0.2) is 14.6 Å². The average molecular weight is 329 g/mol. The smallest absolute Gasteiger partial charge is 0.355 e. The zero-order valence-corrected chi connectivity index (χ0v) is 13.4. The number of aromatic nitrogens is 1. The second kappa shape index (κ2) is 7.65. The lowest BCUT2D eigenvalue weighted by molar-refractivity contribution is 0.0691. The number of hydrogen-bond donors (Lipinski definition) is 3. The second-order valence-electron chi connectivity index (χ2n) is 4.95. The number of carboxylic acid groups (broad SMARTS) is 1. The molecule has 2 rings (SSSR count). The van der Waals surface area contributed by atoms with Crippen LogP contribution in [0, 0.1) is 0 Å². The van der Waals surface area contributed by atoms with Crippen LogP contribution in [0.5, 0.6) is 0 Å². The van der Waals surface area contributed by atoms with Gasteiger partial charge < -0.3 is 15.7 Å². The van der Waals surface area contributed by atoms with Gasteiger partial charge in [0, 0.05) is 29.6 Å². The molecule has 0 bridgehead atoms. The molecule has 1 heterocycles. The quantitative estimate of drug-likeness (QED) is 0.742. The van der Waals surface area contributed by atoms with E-state index < -0.39 is 5.97 Å². The van der Waals surface area contributed by atoms with Crippen LogP contribution >= 0.6 is 23.1 Å². The molecule has 0 radical (unpaired) electrons. The minimum Gasteiger partial charge on any atom is -0.476 e. The van der Waals surface area contributed by atoms with Crippen molar-refractivity contribution in [2.75, 3.05) is 12.8 Å². The molecule has 1 aromatic heterocycles. The lowest BCUT2D eigenvalue weighted by atomic mass is 10.2. The number of hydrogen-bond acceptors (Lipinski definition) is 5. The molecule has 0 aliphatic heterocycles. The van der Waals surface area contributed by atoms with Crippen LogP contribution in [0.2, 0.25) is 0 Å². The fourth-order valence-corrected chi connectivity index (χ4v) is 3.90. The molecular formula is C13H19N3O3S2. The van der Waals surface area contributed by atoms with Crippen LogP contribution < -0.4 is 10.6 Å². The first-order valence-electron chi connectivity index (χ1n) is 6.83. The van der Waals surface area contributed by atoms with Gasteiger partial charge in [0.25, 0.3) is 0 Å².